The second-order valence-corrected chi connectivity index (χ2v) is 6.79. The van der Waals surface area contributed by atoms with Crippen LogP contribution in [0.2, 0.25) is 0 Å². The van der Waals surface area contributed by atoms with Gasteiger partial charge in [0.25, 0.3) is 0 Å². The van der Waals surface area contributed by atoms with E-state index in [2.05, 4.69) is 26.8 Å². The molecule has 1 atom stereocenters. The number of rotatable bonds is 7. The number of carbonyl (C=O) groups excluding carboxylic acids is 1. The van der Waals surface area contributed by atoms with Gasteiger partial charge in [-0.15, -0.1) is 0 Å². The Morgan fingerprint density at radius 3 is 2.68 bits per heavy atom. The van der Waals surface area contributed by atoms with Gasteiger partial charge in [0.1, 0.15) is 18.1 Å². The van der Waals surface area contributed by atoms with Crippen LogP contribution in [-0.4, -0.2) is 19.5 Å². The van der Waals surface area contributed by atoms with Crippen molar-refractivity contribution in [3.8, 4) is 11.5 Å². The van der Waals surface area contributed by atoms with Crippen LogP contribution in [0.5, 0.6) is 11.5 Å². The van der Waals surface area contributed by atoms with Gasteiger partial charge in [-0.05, 0) is 48.5 Å². The number of hydrogen-bond donors (Lipinski definition) is 0. The minimum absolute atomic E-state index is 0.238. The molecule has 2 rings (SSSR count). The maximum absolute atomic E-state index is 13.9. The molecule has 136 valence electrons. The van der Waals surface area contributed by atoms with Gasteiger partial charge in [0.05, 0.1) is 6.61 Å². The van der Waals surface area contributed by atoms with Gasteiger partial charge in [-0.25, -0.2) is 4.39 Å². The van der Waals surface area contributed by atoms with Crippen molar-refractivity contribution in [2.45, 2.75) is 41.0 Å². The van der Waals surface area contributed by atoms with Gasteiger partial charge in [-0.2, -0.15) is 0 Å². The highest BCUT2D eigenvalue weighted by Gasteiger charge is 2.24. The molecule has 4 heteroatoms. The van der Waals surface area contributed by atoms with E-state index in [0.29, 0.717) is 36.4 Å². The first-order valence-corrected chi connectivity index (χ1v) is 8.86. The van der Waals surface area contributed by atoms with Crippen molar-refractivity contribution >= 4 is 17.4 Å². The van der Waals surface area contributed by atoms with Crippen LogP contribution in [-0.2, 0) is 4.79 Å². The smallest absolute Gasteiger partial charge is 0.178 e. The summed E-state index contributed by atoms with van der Waals surface area (Å²) in [7, 11) is 0. The molecule has 25 heavy (non-hydrogen) atoms. The molecule has 0 saturated carbocycles. The lowest BCUT2D eigenvalue weighted by Crippen LogP contribution is -2.14. The van der Waals surface area contributed by atoms with Crippen molar-refractivity contribution in [1.82, 2.24) is 0 Å². The first-order chi connectivity index (χ1) is 11.9. The first kappa shape index (κ1) is 19.2. The lowest BCUT2D eigenvalue weighted by molar-refractivity contribution is -0.106. The Balaban J connectivity index is 2.61. The van der Waals surface area contributed by atoms with Gasteiger partial charge in [-0.3, -0.25) is 4.79 Å². The number of fused-ring (bicyclic) bond motifs is 1. The topological polar surface area (TPSA) is 35.5 Å². The van der Waals surface area contributed by atoms with Crippen molar-refractivity contribution in [2.24, 2.45) is 11.8 Å². The Morgan fingerprint density at radius 1 is 1.36 bits per heavy atom. The van der Waals surface area contributed by atoms with E-state index in [1.165, 1.54) is 5.57 Å². The second-order valence-electron chi connectivity index (χ2n) is 6.79. The highest BCUT2D eigenvalue weighted by molar-refractivity contribution is 5.88. The lowest BCUT2D eigenvalue weighted by Gasteiger charge is -2.27. The number of benzene rings is 1. The normalized spacial score (nSPS) is 15.7. The number of aldehydes is 1. The van der Waals surface area contributed by atoms with E-state index in [1.54, 1.807) is 6.92 Å². The minimum Gasteiger partial charge on any atom is -0.493 e. The molecular formula is C21H27FO3. The number of carbonyl (C=O) groups is 1. The van der Waals surface area contributed by atoms with Gasteiger partial charge >= 0.3 is 0 Å². The summed E-state index contributed by atoms with van der Waals surface area (Å²) in [5.74, 6) is 1.34. The lowest BCUT2D eigenvalue weighted by atomic mass is 9.83. The van der Waals surface area contributed by atoms with Gasteiger partial charge in [0.15, 0.2) is 12.1 Å². The van der Waals surface area contributed by atoms with Crippen LogP contribution >= 0.6 is 0 Å². The SMILES string of the molecule is CCCOc1cc2c(cc1/C(C)=C(/F)C=O)C(C(C)C(C)C)=CCO2. The van der Waals surface area contributed by atoms with Crippen LogP contribution < -0.4 is 9.47 Å². The maximum atomic E-state index is 13.9. The number of halogens is 1. The van der Waals surface area contributed by atoms with Crippen LogP contribution in [0.1, 0.15) is 52.2 Å². The fourth-order valence-corrected chi connectivity index (χ4v) is 2.87. The molecule has 0 bridgehead atoms. The zero-order chi connectivity index (χ0) is 18.6. The average Bonchev–Trinajstić information content (AvgIpc) is 2.62. The van der Waals surface area contributed by atoms with Gasteiger partial charge in [0.2, 0.25) is 0 Å². The number of ether oxygens (including phenoxy) is 2. The average molecular weight is 346 g/mol. The molecule has 0 fully saturated rings. The first-order valence-electron chi connectivity index (χ1n) is 8.86. The van der Waals surface area contributed by atoms with E-state index in [4.69, 9.17) is 9.47 Å². The van der Waals surface area contributed by atoms with Gasteiger partial charge in [0, 0.05) is 17.2 Å². The number of allylic oxidation sites excluding steroid dienone is 3. The molecule has 1 heterocycles. The van der Waals surface area contributed by atoms with Gasteiger partial charge in [-0.1, -0.05) is 27.7 Å². The molecule has 1 unspecified atom stereocenters. The highest BCUT2D eigenvalue weighted by atomic mass is 19.1. The quantitative estimate of drug-likeness (QED) is 0.487. The van der Waals surface area contributed by atoms with Crippen molar-refractivity contribution in [1.29, 1.82) is 0 Å². The molecule has 3 nitrogen and oxygen atoms in total. The minimum atomic E-state index is -0.777. The van der Waals surface area contributed by atoms with Crippen LogP contribution in [0.15, 0.2) is 24.0 Å². The van der Waals surface area contributed by atoms with Crippen molar-refractivity contribution in [2.75, 3.05) is 13.2 Å². The zero-order valence-electron chi connectivity index (χ0n) is 15.7. The predicted molar refractivity (Wildman–Crippen MR) is 99.5 cm³/mol. The Kier molecular flexibility index (Phi) is 6.40. The Hall–Kier alpha value is -2.10. The van der Waals surface area contributed by atoms with Crippen LogP contribution in [0.25, 0.3) is 11.1 Å². The molecule has 0 amide bonds. The fourth-order valence-electron chi connectivity index (χ4n) is 2.87. The van der Waals surface area contributed by atoms with Crippen LogP contribution in [0, 0.1) is 11.8 Å². The van der Waals surface area contributed by atoms with Crippen LogP contribution in [0.3, 0.4) is 0 Å². The number of hydrogen-bond acceptors (Lipinski definition) is 3. The molecule has 0 saturated heterocycles. The summed E-state index contributed by atoms with van der Waals surface area (Å²) < 4.78 is 25.5. The molecule has 1 aromatic rings. The Bertz CT molecular complexity index is 701. The maximum Gasteiger partial charge on any atom is 0.178 e. The van der Waals surface area contributed by atoms with E-state index in [0.717, 1.165) is 17.7 Å². The molecule has 0 radical (unpaired) electrons. The highest BCUT2D eigenvalue weighted by Crippen LogP contribution is 2.42. The largest absolute Gasteiger partial charge is 0.493 e. The molecular weight excluding hydrogens is 319 g/mol. The monoisotopic (exact) mass is 346 g/mol. The molecule has 0 aliphatic carbocycles. The summed E-state index contributed by atoms with van der Waals surface area (Å²) in [5.41, 5.74) is 3.03. The van der Waals surface area contributed by atoms with E-state index < -0.39 is 5.83 Å². The molecule has 1 aromatic carbocycles. The zero-order valence-corrected chi connectivity index (χ0v) is 15.7. The Morgan fingerprint density at radius 2 is 2.08 bits per heavy atom. The summed E-state index contributed by atoms with van der Waals surface area (Å²) in [6.45, 7) is 11.2. The fraction of sp³-hybridized carbons (Fsp3) is 0.476. The summed E-state index contributed by atoms with van der Waals surface area (Å²) in [6, 6.07) is 3.71. The molecule has 0 aromatic heterocycles. The van der Waals surface area contributed by atoms with Crippen molar-refractivity contribution in [3.63, 3.8) is 0 Å². The summed E-state index contributed by atoms with van der Waals surface area (Å²) >= 11 is 0. The standard InChI is InChI=1S/C21H27FO3/c1-6-8-24-20-11-21-18(10-17(20)15(5)19(22)12-23)16(7-9-25-21)14(4)13(2)3/h7,10-14H,6,8-9H2,1-5H3/b19-15+. The third kappa shape index (κ3) is 4.12. The summed E-state index contributed by atoms with van der Waals surface area (Å²) in [5, 5.41) is 0. The van der Waals surface area contributed by atoms with E-state index in [1.807, 2.05) is 19.1 Å². The van der Waals surface area contributed by atoms with Gasteiger partial charge < -0.3 is 9.47 Å². The van der Waals surface area contributed by atoms with E-state index in [9.17, 15) is 9.18 Å². The van der Waals surface area contributed by atoms with E-state index >= 15 is 0 Å². The summed E-state index contributed by atoms with van der Waals surface area (Å²) in [6.07, 6.45) is 3.16. The molecule has 1 aliphatic heterocycles. The van der Waals surface area contributed by atoms with Crippen molar-refractivity contribution < 1.29 is 18.7 Å². The van der Waals surface area contributed by atoms with Crippen LogP contribution in [0.4, 0.5) is 4.39 Å². The summed E-state index contributed by atoms with van der Waals surface area (Å²) in [4.78, 5) is 10.9. The third-order valence-corrected chi connectivity index (χ3v) is 4.75. The van der Waals surface area contributed by atoms with E-state index in [-0.39, 0.29) is 11.9 Å². The Labute approximate surface area is 149 Å². The second kappa shape index (κ2) is 8.32. The molecule has 0 spiro atoms. The van der Waals surface area contributed by atoms with Crippen molar-refractivity contribution in [3.05, 3.63) is 35.2 Å². The molecule has 1 aliphatic rings. The third-order valence-electron chi connectivity index (χ3n) is 4.75. The molecule has 0 N–H and O–H groups in total. The predicted octanol–water partition coefficient (Wildman–Crippen LogP) is 5.44.